The summed E-state index contributed by atoms with van der Waals surface area (Å²) in [6.45, 7) is 3.07. The quantitative estimate of drug-likeness (QED) is 0.288. The molecular formula is C24H27ClN2O7. The first-order chi connectivity index (χ1) is 16.3. The molecule has 34 heavy (non-hydrogen) atoms. The maximum Gasteiger partial charge on any atom is 0.342 e. The molecule has 9 nitrogen and oxygen atoms in total. The van der Waals surface area contributed by atoms with Crippen molar-refractivity contribution in [2.24, 2.45) is 5.16 Å². The Morgan fingerprint density at radius 1 is 1.26 bits per heavy atom. The van der Waals surface area contributed by atoms with Crippen molar-refractivity contribution in [2.45, 2.75) is 50.9 Å². The molecule has 2 saturated heterocycles. The van der Waals surface area contributed by atoms with Gasteiger partial charge in [0.25, 0.3) is 0 Å². The van der Waals surface area contributed by atoms with Gasteiger partial charge in [-0.2, -0.15) is 0 Å². The zero-order valence-electron chi connectivity index (χ0n) is 18.8. The number of epoxide rings is 1. The predicted molar refractivity (Wildman–Crippen MR) is 124 cm³/mol. The molecule has 3 atom stereocenters. The minimum absolute atomic E-state index is 0.0187. The lowest BCUT2D eigenvalue weighted by Gasteiger charge is -2.17. The van der Waals surface area contributed by atoms with Crippen LogP contribution >= 0.6 is 11.6 Å². The van der Waals surface area contributed by atoms with E-state index in [1.54, 1.807) is 24.0 Å². The summed E-state index contributed by atoms with van der Waals surface area (Å²) in [5, 5.41) is 24.7. The maximum atomic E-state index is 12.9. The Labute approximate surface area is 202 Å². The Hall–Kier alpha value is -3.04. The van der Waals surface area contributed by atoms with E-state index in [1.165, 1.54) is 0 Å². The van der Waals surface area contributed by atoms with Crippen molar-refractivity contribution in [2.75, 3.05) is 19.7 Å². The topological polar surface area (TPSA) is 121 Å². The van der Waals surface area contributed by atoms with Gasteiger partial charge >= 0.3 is 5.97 Å². The Morgan fingerprint density at radius 2 is 2.09 bits per heavy atom. The molecular weight excluding hydrogens is 464 g/mol. The summed E-state index contributed by atoms with van der Waals surface area (Å²) in [5.41, 5.74) is 0.413. The van der Waals surface area contributed by atoms with Crippen molar-refractivity contribution in [1.29, 1.82) is 0 Å². The largest absolute Gasteiger partial charge is 0.507 e. The van der Waals surface area contributed by atoms with Gasteiger partial charge in [0.05, 0.1) is 23.4 Å². The van der Waals surface area contributed by atoms with Crippen molar-refractivity contribution in [3.8, 4) is 11.5 Å². The van der Waals surface area contributed by atoms with Crippen molar-refractivity contribution in [3.05, 3.63) is 46.5 Å². The summed E-state index contributed by atoms with van der Waals surface area (Å²) in [6.07, 6.45) is 8.46. The van der Waals surface area contributed by atoms with Crippen molar-refractivity contribution >= 4 is 29.2 Å². The van der Waals surface area contributed by atoms with Crippen LogP contribution in [0, 0.1) is 0 Å². The Balaban J connectivity index is 1.61. The third kappa shape index (κ3) is 5.71. The van der Waals surface area contributed by atoms with Crippen LogP contribution in [0.5, 0.6) is 11.5 Å². The molecule has 10 heteroatoms. The number of hydrogen-bond acceptors (Lipinski definition) is 8. The molecule has 0 radical (unpaired) electrons. The van der Waals surface area contributed by atoms with Gasteiger partial charge in [0, 0.05) is 31.9 Å². The number of rotatable bonds is 4. The van der Waals surface area contributed by atoms with E-state index in [9.17, 15) is 19.8 Å². The minimum Gasteiger partial charge on any atom is -0.507 e. The molecule has 0 aromatic heterocycles. The first-order valence-electron chi connectivity index (χ1n) is 11.2. The maximum absolute atomic E-state index is 12.9. The monoisotopic (exact) mass is 490 g/mol. The lowest BCUT2D eigenvalue weighted by atomic mass is 9.99. The highest BCUT2D eigenvalue weighted by Crippen LogP contribution is 2.38. The molecule has 1 amide bonds. The molecule has 4 rings (SSSR count). The number of allylic oxidation sites excluding steroid dienone is 3. The number of phenolic OH excluding ortho intramolecular Hbond substituents is 2. The van der Waals surface area contributed by atoms with Crippen molar-refractivity contribution in [1.82, 2.24) is 4.90 Å². The number of cyclic esters (lactones) is 1. The third-order valence-corrected chi connectivity index (χ3v) is 6.31. The highest BCUT2D eigenvalue weighted by Gasteiger charge is 2.38. The average Bonchev–Trinajstić information content (AvgIpc) is 3.38. The fourth-order valence-electron chi connectivity index (χ4n) is 4.07. The van der Waals surface area contributed by atoms with E-state index < -0.39 is 17.8 Å². The van der Waals surface area contributed by atoms with Crippen LogP contribution in [0.1, 0.15) is 42.1 Å². The number of nitrogens with zero attached hydrogens (tertiary/aromatic N) is 2. The Morgan fingerprint density at radius 3 is 2.85 bits per heavy atom. The Kier molecular flexibility index (Phi) is 7.43. The molecule has 1 aromatic carbocycles. The van der Waals surface area contributed by atoms with Crippen LogP contribution in [0.15, 0.2) is 35.5 Å². The van der Waals surface area contributed by atoms with Gasteiger partial charge in [-0.3, -0.25) is 4.79 Å². The molecule has 2 fully saturated rings. The van der Waals surface area contributed by atoms with Gasteiger partial charge < -0.3 is 29.4 Å². The van der Waals surface area contributed by atoms with Crippen LogP contribution in [-0.4, -0.2) is 70.7 Å². The lowest BCUT2D eigenvalue weighted by molar-refractivity contribution is -0.128. The van der Waals surface area contributed by atoms with Crippen LogP contribution in [-0.2, 0) is 25.5 Å². The number of amides is 1. The number of hydrogen-bond donors (Lipinski definition) is 2. The molecule has 0 unspecified atom stereocenters. The lowest BCUT2D eigenvalue weighted by Crippen LogP contribution is -2.28. The van der Waals surface area contributed by atoms with E-state index in [2.05, 4.69) is 5.16 Å². The van der Waals surface area contributed by atoms with E-state index in [1.807, 2.05) is 12.2 Å². The van der Waals surface area contributed by atoms with E-state index in [0.29, 0.717) is 31.6 Å². The zero-order chi connectivity index (χ0) is 24.2. The molecule has 1 aromatic rings. The van der Waals surface area contributed by atoms with Gasteiger partial charge in [-0.15, -0.1) is 0 Å². The van der Waals surface area contributed by atoms with E-state index in [0.717, 1.165) is 12.5 Å². The molecule has 2 N–H and O–H groups in total. The zero-order valence-corrected chi connectivity index (χ0v) is 19.5. The van der Waals surface area contributed by atoms with Crippen LogP contribution in [0.2, 0.25) is 5.02 Å². The van der Waals surface area contributed by atoms with E-state index >= 15 is 0 Å². The predicted octanol–water partition coefficient (Wildman–Crippen LogP) is 3.12. The highest BCUT2D eigenvalue weighted by molar-refractivity contribution is 6.33. The fraction of sp³-hybridized carbons (Fsp3) is 0.458. The normalized spacial score (nSPS) is 28.0. The average molecular weight is 491 g/mol. The molecule has 0 saturated carbocycles. The third-order valence-electron chi connectivity index (χ3n) is 5.88. The number of oxime groups is 1. The second kappa shape index (κ2) is 10.5. The number of aromatic hydroxyl groups is 2. The minimum atomic E-state index is -0.761. The van der Waals surface area contributed by atoms with Gasteiger partial charge in [-0.25, -0.2) is 4.79 Å². The number of carbonyl (C=O) groups excluding carboxylic acids is 2. The number of halogens is 1. The van der Waals surface area contributed by atoms with Crippen LogP contribution in [0.4, 0.5) is 0 Å². The first-order valence-corrected chi connectivity index (χ1v) is 11.6. The van der Waals surface area contributed by atoms with Crippen LogP contribution in [0.3, 0.4) is 0 Å². The van der Waals surface area contributed by atoms with E-state index in [4.69, 9.17) is 25.9 Å². The first kappa shape index (κ1) is 24.1. The molecule has 182 valence electrons. The molecule has 3 aliphatic heterocycles. The SMILES string of the molecule is C[C@@H]1C[C@H]2O[C@@H]2/C=C\C=C\C(=NOCCN2CCCC2=O)Cc2c(Cl)c(O)cc(O)c2C(=O)O1. The summed E-state index contributed by atoms with van der Waals surface area (Å²) in [7, 11) is 0. The number of esters is 1. The smallest absolute Gasteiger partial charge is 0.342 e. The van der Waals surface area contributed by atoms with Crippen LogP contribution in [0.25, 0.3) is 0 Å². The van der Waals surface area contributed by atoms with Crippen molar-refractivity contribution in [3.63, 3.8) is 0 Å². The number of carbonyl (C=O) groups is 2. The van der Waals surface area contributed by atoms with Crippen LogP contribution < -0.4 is 0 Å². The van der Waals surface area contributed by atoms with Gasteiger partial charge in [-0.05, 0) is 25.0 Å². The number of phenols is 2. The summed E-state index contributed by atoms with van der Waals surface area (Å²) in [6, 6.07) is 1.01. The summed E-state index contributed by atoms with van der Waals surface area (Å²) in [4.78, 5) is 31.9. The second-order valence-electron chi connectivity index (χ2n) is 8.49. The van der Waals surface area contributed by atoms with Crippen molar-refractivity contribution < 1.29 is 34.1 Å². The van der Waals surface area contributed by atoms with Gasteiger partial charge in [-0.1, -0.05) is 35.0 Å². The van der Waals surface area contributed by atoms with Gasteiger partial charge in [0.1, 0.15) is 35.9 Å². The van der Waals surface area contributed by atoms with Gasteiger partial charge in [0.15, 0.2) is 0 Å². The number of fused-ring (bicyclic) bond motifs is 2. The van der Waals surface area contributed by atoms with E-state index in [-0.39, 0.29) is 53.0 Å². The molecule has 0 aliphatic carbocycles. The highest BCUT2D eigenvalue weighted by atomic mass is 35.5. The fourth-order valence-corrected chi connectivity index (χ4v) is 4.29. The van der Waals surface area contributed by atoms with Gasteiger partial charge in [0.2, 0.25) is 5.91 Å². The summed E-state index contributed by atoms with van der Waals surface area (Å²) < 4.78 is 11.1. The molecule has 3 heterocycles. The number of likely N-dealkylation sites (tertiary alicyclic amines) is 1. The number of ether oxygens (including phenoxy) is 2. The summed E-state index contributed by atoms with van der Waals surface area (Å²) in [5.74, 6) is -1.48. The molecule has 0 spiro atoms. The number of benzene rings is 1. The Bertz CT molecular complexity index is 1050. The molecule has 0 bridgehead atoms. The summed E-state index contributed by atoms with van der Waals surface area (Å²) >= 11 is 6.33. The molecule has 3 aliphatic rings. The second-order valence-corrected chi connectivity index (χ2v) is 8.87. The standard InChI is InChI=1S/C24H27ClN2O7/c1-14-11-20-19(34-20)6-3-2-5-15(26-32-10-9-27-8-4-7-21(27)30)12-16-22(24(31)33-14)17(28)13-18(29)23(16)25/h2-3,5-6,13-14,19-20,28-29H,4,7-12H2,1H3/b5-2+,6-3-,26-15?/t14-,19-,20-/m1/s1.